The van der Waals surface area contributed by atoms with Gasteiger partial charge in [0.25, 0.3) is 0 Å². The van der Waals surface area contributed by atoms with E-state index in [1.165, 1.54) is 128 Å². The fraction of sp³-hybridized carbons (Fsp3) is 0.905. The van der Waals surface area contributed by atoms with E-state index in [-0.39, 0.29) is 24.7 Å². The second-order valence-electron chi connectivity index (χ2n) is 14.3. The normalized spacial score (nSPS) is 11.8. The zero-order valence-electron chi connectivity index (χ0n) is 33.2. The van der Waals surface area contributed by atoms with E-state index in [9.17, 15) is 29.4 Å². The minimum atomic E-state index is -0.870. The van der Waals surface area contributed by atoms with Crippen LogP contribution in [0.1, 0.15) is 233 Å². The summed E-state index contributed by atoms with van der Waals surface area (Å²) in [4.78, 5) is 42.2. The third-order valence-electron chi connectivity index (χ3n) is 9.35. The first-order valence-corrected chi connectivity index (χ1v) is 21.0. The fourth-order valence-electron chi connectivity index (χ4n) is 6.02. The number of unbranched alkanes of at least 4 members (excludes halogenated alkanes) is 21. The van der Waals surface area contributed by atoms with Crippen molar-refractivity contribution in [1.29, 1.82) is 0 Å². The lowest BCUT2D eigenvalue weighted by Crippen LogP contribution is -2.13. The Morgan fingerprint density at radius 2 is 0.520 bits per heavy atom. The molecule has 8 nitrogen and oxygen atoms in total. The van der Waals surface area contributed by atoms with Gasteiger partial charge < -0.3 is 20.4 Å². The predicted molar refractivity (Wildman–Crippen MR) is 208 cm³/mol. The van der Waals surface area contributed by atoms with Crippen LogP contribution in [0.15, 0.2) is 0 Å². The first kappa shape index (κ1) is 52.2. The van der Waals surface area contributed by atoms with E-state index >= 15 is 0 Å². The predicted octanol–water partition coefficient (Wildman–Crippen LogP) is 13.1. The van der Waals surface area contributed by atoms with Gasteiger partial charge in [0.2, 0.25) is 0 Å². The summed E-state index contributed by atoms with van der Waals surface area (Å²) >= 11 is 0. The van der Waals surface area contributed by atoms with Gasteiger partial charge in [-0.3, -0.25) is 19.2 Å². The molecule has 0 heterocycles. The van der Waals surface area contributed by atoms with Crippen molar-refractivity contribution in [2.75, 3.05) is 0 Å². The number of rotatable bonds is 35. The van der Waals surface area contributed by atoms with Gasteiger partial charge in [0, 0.05) is 12.8 Å². The molecule has 298 valence electrons. The van der Waals surface area contributed by atoms with Crippen LogP contribution in [0.2, 0.25) is 0 Å². The molecule has 0 saturated heterocycles. The molecule has 2 atom stereocenters. The lowest BCUT2D eigenvalue weighted by atomic mass is 9.94. The van der Waals surface area contributed by atoms with Crippen molar-refractivity contribution in [3.8, 4) is 0 Å². The lowest BCUT2D eigenvalue weighted by molar-refractivity contribution is -0.143. The first-order valence-electron chi connectivity index (χ1n) is 21.0. The quantitative estimate of drug-likeness (QED) is 0.0474. The number of hydrogen-bond acceptors (Lipinski definition) is 4. The van der Waals surface area contributed by atoms with Crippen molar-refractivity contribution in [2.45, 2.75) is 233 Å². The molecule has 0 aromatic carbocycles. The molecule has 0 rings (SSSR count). The SMILES string of the molecule is CCCCCCCCCC(CCCCCCC)C(=O)O.CCCCCCCCCC(CCCCCCC)C(=O)O.O=C(O)CCCCC(=O)O. The summed E-state index contributed by atoms with van der Waals surface area (Å²) in [5.41, 5.74) is 0. The molecule has 0 aliphatic rings. The minimum Gasteiger partial charge on any atom is -0.481 e. The monoisotopic (exact) mass is 715 g/mol. The lowest BCUT2D eigenvalue weighted by Gasteiger charge is -2.12. The zero-order chi connectivity index (χ0) is 38.1. The van der Waals surface area contributed by atoms with Gasteiger partial charge in [0.15, 0.2) is 0 Å². The third-order valence-corrected chi connectivity index (χ3v) is 9.35. The molecule has 8 heteroatoms. The van der Waals surface area contributed by atoms with E-state index < -0.39 is 23.9 Å². The third kappa shape index (κ3) is 45.9. The summed E-state index contributed by atoms with van der Waals surface area (Å²) in [7, 11) is 0. The van der Waals surface area contributed by atoms with E-state index in [1.54, 1.807) is 0 Å². The molecular weight excluding hydrogens is 632 g/mol. The van der Waals surface area contributed by atoms with Crippen molar-refractivity contribution in [2.24, 2.45) is 11.8 Å². The molecule has 4 N–H and O–H groups in total. The molecule has 0 aromatic heterocycles. The van der Waals surface area contributed by atoms with Crippen LogP contribution in [-0.2, 0) is 19.2 Å². The summed E-state index contributed by atoms with van der Waals surface area (Å²) in [6, 6.07) is 0. The van der Waals surface area contributed by atoms with E-state index in [0.717, 1.165) is 51.4 Å². The smallest absolute Gasteiger partial charge is 0.306 e. The summed E-state index contributed by atoms with van der Waals surface area (Å²) in [5.74, 6) is -3.08. The second kappa shape index (κ2) is 43.0. The van der Waals surface area contributed by atoms with Crippen LogP contribution in [0.25, 0.3) is 0 Å². The van der Waals surface area contributed by atoms with Gasteiger partial charge in [0.1, 0.15) is 0 Å². The van der Waals surface area contributed by atoms with Crippen molar-refractivity contribution >= 4 is 23.9 Å². The Morgan fingerprint density at radius 3 is 0.700 bits per heavy atom. The van der Waals surface area contributed by atoms with Crippen LogP contribution in [0, 0.1) is 11.8 Å². The molecule has 0 aliphatic heterocycles. The Labute approximate surface area is 308 Å². The maximum absolute atomic E-state index is 11.2. The molecule has 0 aromatic rings. The molecular formula is C42H82O8. The maximum Gasteiger partial charge on any atom is 0.306 e. The van der Waals surface area contributed by atoms with E-state index in [4.69, 9.17) is 10.2 Å². The average Bonchev–Trinajstić information content (AvgIpc) is 3.07. The van der Waals surface area contributed by atoms with Crippen LogP contribution >= 0.6 is 0 Å². The number of carboxylic acids is 4. The Morgan fingerprint density at radius 1 is 0.320 bits per heavy atom. The Kier molecular flexibility index (Phi) is 45.0. The van der Waals surface area contributed by atoms with Gasteiger partial charge in [-0.05, 0) is 38.5 Å². The van der Waals surface area contributed by atoms with Crippen molar-refractivity contribution in [3.05, 3.63) is 0 Å². The molecule has 0 fully saturated rings. The number of hydrogen-bond donors (Lipinski definition) is 4. The van der Waals surface area contributed by atoms with Crippen molar-refractivity contribution in [3.63, 3.8) is 0 Å². The van der Waals surface area contributed by atoms with Gasteiger partial charge in [-0.25, -0.2) is 0 Å². The van der Waals surface area contributed by atoms with Crippen LogP contribution in [-0.4, -0.2) is 44.3 Å². The molecule has 0 saturated carbocycles. The van der Waals surface area contributed by atoms with Crippen LogP contribution < -0.4 is 0 Å². The number of carbonyl (C=O) groups is 4. The summed E-state index contributed by atoms with van der Waals surface area (Å²) in [6.45, 7) is 8.89. The summed E-state index contributed by atoms with van der Waals surface area (Å²) in [5, 5.41) is 34.8. The topological polar surface area (TPSA) is 149 Å². The highest BCUT2D eigenvalue weighted by molar-refractivity contribution is 5.70. The molecule has 50 heavy (non-hydrogen) atoms. The van der Waals surface area contributed by atoms with Gasteiger partial charge in [-0.15, -0.1) is 0 Å². The molecule has 2 unspecified atom stereocenters. The molecule has 0 bridgehead atoms. The Balaban J connectivity index is -0.000000701. The number of aliphatic carboxylic acids is 4. The van der Waals surface area contributed by atoms with E-state index in [0.29, 0.717) is 12.8 Å². The standard InChI is InChI=1S/2C18H36O2.C6H10O4/c2*1-3-5-7-9-10-12-14-16-17(18(19)20)15-13-11-8-6-4-2;7-5(8)3-1-2-4-6(9)10/h2*17H,3-16H2,1-2H3,(H,19,20);1-4H2,(H,7,8)(H,9,10). The van der Waals surface area contributed by atoms with Crippen molar-refractivity contribution < 1.29 is 39.6 Å². The zero-order valence-corrected chi connectivity index (χ0v) is 33.2. The van der Waals surface area contributed by atoms with Gasteiger partial charge >= 0.3 is 23.9 Å². The van der Waals surface area contributed by atoms with Gasteiger partial charge in [-0.1, -0.05) is 182 Å². The highest BCUT2D eigenvalue weighted by atomic mass is 16.4. The summed E-state index contributed by atoms with van der Waals surface area (Å²) in [6.07, 6.45) is 34.5. The number of carboxylic acid groups (broad SMARTS) is 4. The van der Waals surface area contributed by atoms with Crippen LogP contribution in [0.4, 0.5) is 0 Å². The second-order valence-corrected chi connectivity index (χ2v) is 14.3. The molecule has 0 spiro atoms. The van der Waals surface area contributed by atoms with Gasteiger partial charge in [-0.2, -0.15) is 0 Å². The van der Waals surface area contributed by atoms with E-state index in [1.807, 2.05) is 0 Å². The highest BCUT2D eigenvalue weighted by Gasteiger charge is 2.17. The highest BCUT2D eigenvalue weighted by Crippen LogP contribution is 2.21. The van der Waals surface area contributed by atoms with Crippen LogP contribution in [0.5, 0.6) is 0 Å². The summed E-state index contributed by atoms with van der Waals surface area (Å²) < 4.78 is 0. The molecule has 0 amide bonds. The Hall–Kier alpha value is -2.12. The minimum absolute atomic E-state index is 0.0628. The molecule has 0 aliphatic carbocycles. The fourth-order valence-corrected chi connectivity index (χ4v) is 6.02. The van der Waals surface area contributed by atoms with Crippen LogP contribution in [0.3, 0.4) is 0 Å². The van der Waals surface area contributed by atoms with E-state index in [2.05, 4.69) is 27.7 Å². The largest absolute Gasteiger partial charge is 0.481 e. The van der Waals surface area contributed by atoms with Gasteiger partial charge in [0.05, 0.1) is 11.8 Å². The average molecular weight is 715 g/mol. The molecule has 0 radical (unpaired) electrons. The van der Waals surface area contributed by atoms with Crippen molar-refractivity contribution in [1.82, 2.24) is 0 Å². The maximum atomic E-state index is 11.2. The Bertz CT molecular complexity index is 692. The first-order chi connectivity index (χ1) is 24.1.